The Morgan fingerprint density at radius 1 is 0.631 bits per heavy atom. The zero-order chi connectivity index (χ0) is 66.0. The predicted molar refractivity (Wildman–Crippen MR) is 365 cm³/mol. The smallest absolute Gasteiger partial charge is 0.311 e. The minimum Gasteiger partial charge on any atom is -0.469 e. The van der Waals surface area contributed by atoms with Crippen molar-refractivity contribution in [1.29, 1.82) is 0 Å². The summed E-state index contributed by atoms with van der Waals surface area (Å²) in [6.45, 7) is 72.3. The van der Waals surface area contributed by atoms with E-state index in [1.165, 1.54) is 7.11 Å². The highest BCUT2D eigenvalue weighted by Gasteiger charge is 2.48. The molecule has 1 fully saturated rings. The summed E-state index contributed by atoms with van der Waals surface area (Å²) in [5.41, 5.74) is 1.62. The van der Waals surface area contributed by atoms with E-state index in [4.69, 9.17) is 36.3 Å². The maximum atomic E-state index is 14.7. The van der Waals surface area contributed by atoms with Gasteiger partial charge in [-0.25, -0.2) is 0 Å². The largest absolute Gasteiger partial charge is 0.469 e. The number of Topliss-reactive ketones (excluding diaryl/α,β-unsaturated/α-hetero) is 1. The average molecular weight is 1270 g/mol. The Kier molecular flexibility index (Phi) is 30.3. The first kappa shape index (κ1) is 81.1. The number of rotatable bonds is 33. The Morgan fingerprint density at radius 3 is 1.51 bits per heavy atom. The molecule has 2 N–H and O–H groups in total. The summed E-state index contributed by atoms with van der Waals surface area (Å²) in [7, 11) is -10.2. The number of carbonyl (C=O) groups is 2. The molecule has 0 unspecified atom stereocenters. The van der Waals surface area contributed by atoms with Gasteiger partial charge in [-0.05, 0) is 162 Å². The minimum absolute atomic E-state index is 0.0104. The number of aliphatic hydroxyl groups excluding tert-OH is 2. The van der Waals surface area contributed by atoms with E-state index in [-0.39, 0.29) is 67.6 Å². The molecule has 11 atom stereocenters. The number of carbonyl (C=O) groups excluding carboxylic acids is 2. The van der Waals surface area contributed by atoms with E-state index >= 15 is 0 Å². The fraction of sp³-hybridized carbons (Fsp3) is 0.881. The van der Waals surface area contributed by atoms with Crippen molar-refractivity contribution < 1.29 is 56.1 Å². The molecule has 1 aliphatic rings. The Morgan fingerprint density at radius 2 is 1.06 bits per heavy atom. The lowest BCUT2D eigenvalue weighted by molar-refractivity contribution is -0.280. The van der Waals surface area contributed by atoms with E-state index in [1.807, 2.05) is 46.8 Å². The molecule has 0 spiro atoms. The molecule has 17 heteroatoms. The highest BCUT2D eigenvalue weighted by molar-refractivity contribution is 6.75. The second-order valence-corrected chi connectivity index (χ2v) is 57.1. The number of unbranched alkanes of at least 4 members (excludes halogenated alkanes) is 1. The third kappa shape index (κ3) is 25.0. The van der Waals surface area contributed by atoms with Crippen LogP contribution in [0.2, 0.25) is 90.7 Å². The number of methoxy groups -OCH3 is 1. The van der Waals surface area contributed by atoms with Gasteiger partial charge >= 0.3 is 5.97 Å². The maximum absolute atomic E-state index is 14.7. The van der Waals surface area contributed by atoms with Gasteiger partial charge in [0, 0.05) is 31.0 Å². The Hall–Kier alpha value is -0.916. The van der Waals surface area contributed by atoms with Crippen LogP contribution in [0, 0.1) is 11.8 Å². The Bertz CT molecular complexity index is 2120. The zero-order valence-electron chi connectivity index (χ0n) is 60.3. The van der Waals surface area contributed by atoms with E-state index in [1.54, 1.807) is 0 Å². The van der Waals surface area contributed by atoms with Gasteiger partial charge in [0.2, 0.25) is 0 Å². The van der Waals surface area contributed by atoms with Crippen LogP contribution in [0.4, 0.5) is 0 Å². The molecule has 1 heterocycles. The number of ketones is 1. The highest BCUT2D eigenvalue weighted by atomic mass is 28.4. The number of ether oxygens (including phenoxy) is 3. The van der Waals surface area contributed by atoms with Crippen LogP contribution < -0.4 is 0 Å². The minimum atomic E-state index is -2.38. The second kappa shape index (κ2) is 31.4. The summed E-state index contributed by atoms with van der Waals surface area (Å²) in [6.07, 6.45) is 7.66. The van der Waals surface area contributed by atoms with Crippen LogP contribution in [-0.2, 0) is 45.9 Å². The highest BCUT2D eigenvalue weighted by Crippen LogP contribution is 2.45. The second-order valence-electron chi connectivity index (χ2n) is 33.4. The zero-order valence-corrected chi connectivity index (χ0v) is 65.3. The SMILES string of the molecule is C=C(/C=C/[C@H](O[Si](C)(C)C(C)(C)C)[C@@H](C)C(=O)OC)[C@H](C[C@H](O)[C@H](C)/C=C(\C)C[C@H]1OC(C)(C)O[C@H](CC[C@H](C[C@H](CC[C@@H](O[Si](C)(C)C(C)(C)C)[C@H](O)CCCC)O[Si](C)(C)C(C)(C)C)O[Si](C)(C)C(C)(C)C)C1=O)O[Si](C)(C)C(C)(C)C. The number of esters is 1. The van der Waals surface area contributed by atoms with Gasteiger partial charge in [0.05, 0.1) is 43.5 Å². The fourth-order valence-corrected chi connectivity index (χ4v) is 15.9. The molecule has 0 bridgehead atoms. The van der Waals surface area contributed by atoms with Crippen molar-refractivity contribution in [1.82, 2.24) is 0 Å². The summed E-state index contributed by atoms with van der Waals surface area (Å²) in [5, 5.41) is 23.6. The quantitative estimate of drug-likeness (QED) is 0.0279. The number of hydrogen-bond acceptors (Lipinski definition) is 12. The molecule has 0 aromatic rings. The molecule has 0 aromatic carbocycles. The molecule has 0 aliphatic carbocycles. The lowest BCUT2D eigenvalue weighted by Crippen LogP contribution is -2.52. The van der Waals surface area contributed by atoms with Crippen molar-refractivity contribution in [2.45, 2.75) is 361 Å². The molecule has 1 rings (SSSR count). The predicted octanol–water partition coefficient (Wildman–Crippen LogP) is 18.2. The lowest BCUT2D eigenvalue weighted by Gasteiger charge is -2.44. The van der Waals surface area contributed by atoms with Gasteiger partial charge in [0.25, 0.3) is 0 Å². The van der Waals surface area contributed by atoms with Crippen molar-refractivity contribution in [2.75, 3.05) is 7.11 Å². The van der Waals surface area contributed by atoms with Crippen LogP contribution in [0.3, 0.4) is 0 Å². The summed E-state index contributed by atoms with van der Waals surface area (Å²) in [5.74, 6) is -2.32. The third-order valence-corrected chi connectivity index (χ3v) is 42.7. The molecular formula is C67H134O12Si5. The van der Waals surface area contributed by atoms with Crippen LogP contribution in [-0.4, -0.2) is 131 Å². The molecule has 494 valence electrons. The van der Waals surface area contributed by atoms with Gasteiger partial charge < -0.3 is 46.6 Å². The van der Waals surface area contributed by atoms with E-state index in [9.17, 15) is 19.8 Å². The fourth-order valence-electron chi connectivity index (χ4n) is 9.11. The topological polar surface area (TPSA) is 148 Å². The first-order valence-corrected chi connectivity index (χ1v) is 46.8. The van der Waals surface area contributed by atoms with Gasteiger partial charge in [-0.15, -0.1) is 0 Å². The molecule has 0 aromatic heterocycles. The van der Waals surface area contributed by atoms with Gasteiger partial charge in [0.1, 0.15) is 12.2 Å². The average Bonchev–Trinajstić information content (AvgIpc) is 2.90. The number of hydrogen-bond donors (Lipinski definition) is 2. The monoisotopic (exact) mass is 1270 g/mol. The molecule has 84 heavy (non-hydrogen) atoms. The van der Waals surface area contributed by atoms with Gasteiger partial charge in [-0.2, -0.15) is 0 Å². The molecule has 12 nitrogen and oxygen atoms in total. The van der Waals surface area contributed by atoms with Crippen molar-refractivity contribution in [3.63, 3.8) is 0 Å². The Labute approximate surface area is 522 Å². The van der Waals surface area contributed by atoms with Crippen LogP contribution in [0.15, 0.2) is 36.0 Å². The van der Waals surface area contributed by atoms with Crippen LogP contribution in [0.5, 0.6) is 0 Å². The molecule has 1 aliphatic heterocycles. The first-order valence-electron chi connectivity index (χ1n) is 32.2. The van der Waals surface area contributed by atoms with Crippen LogP contribution in [0.25, 0.3) is 0 Å². The van der Waals surface area contributed by atoms with Gasteiger partial charge in [0.15, 0.2) is 53.2 Å². The van der Waals surface area contributed by atoms with E-state index in [2.05, 4.69) is 189 Å². The summed E-state index contributed by atoms with van der Waals surface area (Å²) < 4.78 is 54.0. The summed E-state index contributed by atoms with van der Waals surface area (Å²) >= 11 is 0. The van der Waals surface area contributed by atoms with E-state index in [0.29, 0.717) is 50.5 Å². The van der Waals surface area contributed by atoms with E-state index < -0.39 is 89.9 Å². The third-order valence-electron chi connectivity index (χ3n) is 20.2. The van der Waals surface area contributed by atoms with Crippen LogP contribution in [0.1, 0.15) is 210 Å². The molecule has 0 amide bonds. The number of aliphatic hydroxyl groups is 2. The molecular weight excluding hydrogens is 1140 g/mol. The van der Waals surface area contributed by atoms with Gasteiger partial charge in [-0.3, -0.25) is 9.59 Å². The normalized spacial score (nSPS) is 21.2. The maximum Gasteiger partial charge on any atom is 0.311 e. The van der Waals surface area contributed by atoms with Crippen molar-refractivity contribution in [3.05, 3.63) is 36.0 Å². The Balaban J connectivity index is 3.70. The molecule has 0 saturated carbocycles. The van der Waals surface area contributed by atoms with Crippen molar-refractivity contribution in [3.8, 4) is 0 Å². The van der Waals surface area contributed by atoms with Crippen LogP contribution >= 0.6 is 0 Å². The van der Waals surface area contributed by atoms with Gasteiger partial charge in [-0.1, -0.05) is 161 Å². The standard InChI is InChI=1S/C67H134O12Si5/c1-34-35-36-53(68)56(78-83(30,31)65(15,16)17)41-38-51(75-80(24,25)62(6,7)8)45-52(76-81(26,27)63(9,10)11)39-42-57-60(70)59(74-67(21,22)73-57)44-47(2)43-49(4)54(69)46-58(79-84(32,33)66(18,19)20)48(3)37-40-55(50(5)61(71)72-23)77-82(28,29)64(12,13)14/h37,40,43,49-59,68-69H,3,34-36,38-39,41-42,44-46H2,1-2,4-33H3/b40-37+,47-43+/t49-,50-,51+,52-,53-,54+,55+,56-,57-,58+,59-/m1/s1. The van der Waals surface area contributed by atoms with Crippen molar-refractivity contribution in [2.24, 2.45) is 11.8 Å². The van der Waals surface area contributed by atoms with Crippen molar-refractivity contribution >= 4 is 53.3 Å². The summed E-state index contributed by atoms with van der Waals surface area (Å²) in [6, 6.07) is 0. The first-order chi connectivity index (χ1) is 37.5. The molecule has 1 saturated heterocycles. The molecule has 0 radical (unpaired) electrons. The summed E-state index contributed by atoms with van der Waals surface area (Å²) in [4.78, 5) is 27.7. The lowest BCUT2D eigenvalue weighted by atomic mass is 9.91. The van der Waals surface area contributed by atoms with E-state index in [0.717, 1.165) is 18.4 Å².